The lowest BCUT2D eigenvalue weighted by molar-refractivity contribution is -0.121. The standard InChI is InChI=1S/C30H33N3O3S/c1-6-19(2)20-10-15-26-25(17-20)32-28(36-26)21-8-7-9-23(16-21)31-29(37)33-27(34)18-35-24-13-11-22(12-14-24)30(3,4)5/h7-17,19H,6,18H2,1-5H3,(H2,31,33,34,37)/t19-/m0/s1. The van der Waals surface area contributed by atoms with Crippen LogP contribution in [0.4, 0.5) is 5.69 Å². The van der Waals surface area contributed by atoms with Crippen molar-refractivity contribution < 1.29 is 13.9 Å². The number of carbonyl (C=O) groups excluding carboxylic acids is 1. The fourth-order valence-corrected chi connectivity index (χ4v) is 4.10. The number of ether oxygens (including phenoxy) is 1. The van der Waals surface area contributed by atoms with Gasteiger partial charge in [-0.2, -0.15) is 0 Å². The highest BCUT2D eigenvalue weighted by Gasteiger charge is 2.14. The van der Waals surface area contributed by atoms with Crippen molar-refractivity contribution in [1.82, 2.24) is 10.3 Å². The number of aromatic nitrogens is 1. The molecule has 1 aromatic heterocycles. The first-order valence-corrected chi connectivity index (χ1v) is 12.9. The molecule has 0 spiro atoms. The Hall–Kier alpha value is -3.71. The van der Waals surface area contributed by atoms with E-state index in [9.17, 15) is 4.79 Å². The van der Waals surface area contributed by atoms with Crippen molar-refractivity contribution in [3.63, 3.8) is 0 Å². The zero-order chi connectivity index (χ0) is 26.6. The lowest BCUT2D eigenvalue weighted by Gasteiger charge is -2.19. The molecule has 0 unspecified atom stereocenters. The summed E-state index contributed by atoms with van der Waals surface area (Å²) in [5.74, 6) is 1.28. The molecule has 1 amide bonds. The molecule has 7 heteroatoms. The first-order valence-electron chi connectivity index (χ1n) is 12.5. The van der Waals surface area contributed by atoms with E-state index in [4.69, 9.17) is 21.4 Å². The molecule has 0 aliphatic carbocycles. The largest absolute Gasteiger partial charge is 0.484 e. The van der Waals surface area contributed by atoms with Crippen LogP contribution >= 0.6 is 12.2 Å². The van der Waals surface area contributed by atoms with Crippen molar-refractivity contribution in [3.8, 4) is 17.2 Å². The van der Waals surface area contributed by atoms with Crippen LogP contribution in [-0.2, 0) is 10.2 Å². The number of hydrogen-bond acceptors (Lipinski definition) is 5. The molecule has 1 atom stereocenters. The first-order chi connectivity index (χ1) is 17.6. The Kier molecular flexibility index (Phi) is 7.93. The normalized spacial score (nSPS) is 12.2. The summed E-state index contributed by atoms with van der Waals surface area (Å²) >= 11 is 5.33. The average molecular weight is 516 g/mol. The zero-order valence-corrected chi connectivity index (χ0v) is 22.7. The highest BCUT2D eigenvalue weighted by Crippen LogP contribution is 2.29. The average Bonchev–Trinajstić information content (AvgIpc) is 3.30. The smallest absolute Gasteiger partial charge is 0.264 e. The van der Waals surface area contributed by atoms with E-state index >= 15 is 0 Å². The predicted molar refractivity (Wildman–Crippen MR) is 153 cm³/mol. The maximum atomic E-state index is 12.3. The number of nitrogens with zero attached hydrogens (tertiary/aromatic N) is 1. The van der Waals surface area contributed by atoms with E-state index in [0.29, 0.717) is 23.2 Å². The third kappa shape index (κ3) is 6.74. The van der Waals surface area contributed by atoms with Gasteiger partial charge in [0.05, 0.1) is 0 Å². The third-order valence-electron chi connectivity index (χ3n) is 6.30. The van der Waals surface area contributed by atoms with Gasteiger partial charge in [0.15, 0.2) is 17.3 Å². The van der Waals surface area contributed by atoms with Gasteiger partial charge in [0.1, 0.15) is 11.3 Å². The van der Waals surface area contributed by atoms with E-state index in [1.54, 1.807) is 0 Å². The van der Waals surface area contributed by atoms with Gasteiger partial charge in [0.25, 0.3) is 5.91 Å². The highest BCUT2D eigenvalue weighted by molar-refractivity contribution is 7.80. The third-order valence-corrected chi connectivity index (χ3v) is 6.51. The summed E-state index contributed by atoms with van der Waals surface area (Å²) in [7, 11) is 0. The summed E-state index contributed by atoms with van der Waals surface area (Å²) in [6, 6.07) is 21.4. The summed E-state index contributed by atoms with van der Waals surface area (Å²) in [6.07, 6.45) is 1.07. The van der Waals surface area contributed by atoms with Crippen LogP contribution in [0.3, 0.4) is 0 Å². The van der Waals surface area contributed by atoms with Crippen LogP contribution in [0.1, 0.15) is 58.1 Å². The zero-order valence-electron chi connectivity index (χ0n) is 21.9. The number of carbonyl (C=O) groups is 1. The van der Waals surface area contributed by atoms with Gasteiger partial charge < -0.3 is 14.5 Å². The van der Waals surface area contributed by atoms with E-state index in [2.05, 4.69) is 62.4 Å². The number of oxazole rings is 1. The molecule has 3 aromatic carbocycles. The molecule has 0 saturated heterocycles. The monoisotopic (exact) mass is 515 g/mol. The first kappa shape index (κ1) is 26.4. The van der Waals surface area contributed by atoms with Gasteiger partial charge in [-0.05, 0) is 83.6 Å². The fourth-order valence-electron chi connectivity index (χ4n) is 3.87. The van der Waals surface area contributed by atoms with Crippen molar-refractivity contribution in [2.24, 2.45) is 0 Å². The Labute approximate surface area is 223 Å². The van der Waals surface area contributed by atoms with Crippen molar-refractivity contribution in [1.29, 1.82) is 0 Å². The number of benzene rings is 3. The SMILES string of the molecule is CC[C@H](C)c1ccc2oc(-c3cccc(NC(=S)NC(=O)COc4ccc(C(C)(C)C)cc4)c3)nc2c1. The highest BCUT2D eigenvalue weighted by atomic mass is 32.1. The van der Waals surface area contributed by atoms with Crippen LogP contribution in [0, 0.1) is 0 Å². The van der Waals surface area contributed by atoms with Crippen LogP contribution in [0.15, 0.2) is 71.1 Å². The minimum atomic E-state index is -0.343. The fraction of sp³-hybridized carbons (Fsp3) is 0.300. The summed E-state index contributed by atoms with van der Waals surface area (Å²) in [6.45, 7) is 10.7. The minimum Gasteiger partial charge on any atom is -0.484 e. The number of amides is 1. The summed E-state index contributed by atoms with van der Waals surface area (Å²) < 4.78 is 11.6. The Morgan fingerprint density at radius 3 is 2.54 bits per heavy atom. The number of nitrogens with one attached hydrogen (secondary N) is 2. The maximum Gasteiger partial charge on any atom is 0.264 e. The van der Waals surface area contributed by atoms with Crippen LogP contribution in [0.25, 0.3) is 22.6 Å². The second-order valence-corrected chi connectivity index (χ2v) is 10.6. The molecule has 4 rings (SSSR count). The van der Waals surface area contributed by atoms with Crippen LogP contribution in [0.5, 0.6) is 5.75 Å². The Morgan fingerprint density at radius 1 is 1.08 bits per heavy atom. The number of rotatable bonds is 7. The summed E-state index contributed by atoms with van der Waals surface area (Å²) in [5, 5.41) is 5.88. The molecule has 0 aliphatic rings. The second-order valence-electron chi connectivity index (χ2n) is 10.2. The number of fused-ring (bicyclic) bond motifs is 1. The Bertz CT molecular complexity index is 1400. The molecule has 4 aromatic rings. The minimum absolute atomic E-state index is 0.0579. The van der Waals surface area contributed by atoms with E-state index in [1.807, 2.05) is 54.6 Å². The molecule has 192 valence electrons. The van der Waals surface area contributed by atoms with Gasteiger partial charge >= 0.3 is 0 Å². The molecule has 2 N–H and O–H groups in total. The second kappa shape index (κ2) is 11.1. The summed E-state index contributed by atoms with van der Waals surface area (Å²) in [5.41, 5.74) is 5.61. The molecule has 1 heterocycles. The predicted octanol–water partition coefficient (Wildman–Crippen LogP) is 7.20. The van der Waals surface area contributed by atoms with Crippen LogP contribution < -0.4 is 15.4 Å². The molecule has 0 bridgehead atoms. The van der Waals surface area contributed by atoms with Crippen molar-refractivity contribution >= 4 is 40.0 Å². The number of thiocarbonyl (C=S) groups is 1. The molecule has 0 radical (unpaired) electrons. The van der Waals surface area contributed by atoms with Gasteiger partial charge in [-0.3, -0.25) is 10.1 Å². The molecule has 37 heavy (non-hydrogen) atoms. The molecule has 0 aliphatic heterocycles. The Morgan fingerprint density at radius 2 is 1.84 bits per heavy atom. The number of hydrogen-bond donors (Lipinski definition) is 2. The van der Waals surface area contributed by atoms with Crippen LogP contribution in [0.2, 0.25) is 0 Å². The van der Waals surface area contributed by atoms with E-state index in [0.717, 1.165) is 23.1 Å². The number of anilines is 1. The van der Waals surface area contributed by atoms with E-state index < -0.39 is 0 Å². The topological polar surface area (TPSA) is 76.4 Å². The Balaban J connectivity index is 1.35. The van der Waals surface area contributed by atoms with Gasteiger partial charge in [-0.25, -0.2) is 4.98 Å². The van der Waals surface area contributed by atoms with Gasteiger partial charge in [0, 0.05) is 11.3 Å². The molecule has 0 fully saturated rings. The van der Waals surface area contributed by atoms with Crippen molar-refractivity contribution in [2.75, 3.05) is 11.9 Å². The van der Waals surface area contributed by atoms with Gasteiger partial charge in [0.2, 0.25) is 5.89 Å². The van der Waals surface area contributed by atoms with Gasteiger partial charge in [-0.15, -0.1) is 0 Å². The van der Waals surface area contributed by atoms with Crippen molar-refractivity contribution in [3.05, 3.63) is 77.9 Å². The van der Waals surface area contributed by atoms with E-state index in [-0.39, 0.29) is 23.0 Å². The summed E-state index contributed by atoms with van der Waals surface area (Å²) in [4.78, 5) is 17.0. The lowest BCUT2D eigenvalue weighted by atomic mass is 9.87. The lowest BCUT2D eigenvalue weighted by Crippen LogP contribution is -2.37. The molecular formula is C30H33N3O3S. The van der Waals surface area contributed by atoms with Crippen LogP contribution in [-0.4, -0.2) is 22.6 Å². The van der Waals surface area contributed by atoms with Crippen molar-refractivity contribution in [2.45, 2.75) is 52.4 Å². The molecular weight excluding hydrogens is 482 g/mol. The van der Waals surface area contributed by atoms with Gasteiger partial charge in [-0.1, -0.05) is 58.9 Å². The molecule has 0 saturated carbocycles. The molecule has 6 nitrogen and oxygen atoms in total. The maximum absolute atomic E-state index is 12.3. The van der Waals surface area contributed by atoms with E-state index in [1.165, 1.54) is 11.1 Å². The quantitative estimate of drug-likeness (QED) is 0.254.